The molecule has 0 radical (unpaired) electrons. The Hall–Kier alpha value is -0.948. The minimum atomic E-state index is -2.24. The van der Waals surface area contributed by atoms with Crippen LogP contribution in [0.3, 0.4) is 0 Å². The Morgan fingerprint density at radius 3 is 1.97 bits per heavy atom. The maximum atomic E-state index is 6.25. The Kier molecular flexibility index (Phi) is 10.0. The fourth-order valence-electron chi connectivity index (χ4n) is 4.53. The van der Waals surface area contributed by atoms with Gasteiger partial charge in [0, 0.05) is 25.7 Å². The summed E-state index contributed by atoms with van der Waals surface area (Å²) in [7, 11) is 5.13. The summed E-state index contributed by atoms with van der Waals surface area (Å²) in [6, 6.07) is 5.35. The Balaban J connectivity index is 3.65. The van der Waals surface area contributed by atoms with Gasteiger partial charge in [-0.05, 0) is 78.4 Å². The lowest BCUT2D eigenvalue weighted by Crippen LogP contribution is -2.88. The van der Waals surface area contributed by atoms with Crippen LogP contribution in [-0.2, 0) is 19.7 Å². The number of hydrogen-bond donors (Lipinski definition) is 0. The molecule has 162 valence electrons. The summed E-state index contributed by atoms with van der Waals surface area (Å²) in [6.07, 6.45) is 24.0. The number of benzene rings is 1. The van der Waals surface area contributed by atoms with Crippen molar-refractivity contribution in [1.29, 1.82) is 0 Å². The largest absolute Gasteiger partial charge is 0.514 e. The summed E-state index contributed by atoms with van der Waals surface area (Å²) in [6.45, 7) is 0.222. The van der Waals surface area contributed by atoms with E-state index in [-0.39, 0.29) is 0 Å². The van der Waals surface area contributed by atoms with E-state index >= 15 is 0 Å². The van der Waals surface area contributed by atoms with Crippen LogP contribution < -0.4 is 4.74 Å². The third-order valence-electron chi connectivity index (χ3n) is 6.25. The van der Waals surface area contributed by atoms with Gasteiger partial charge in [0.05, 0.1) is 25.4 Å². The molecule has 1 atom stereocenters. The van der Waals surface area contributed by atoms with Crippen molar-refractivity contribution in [2.45, 2.75) is 26.3 Å². The van der Waals surface area contributed by atoms with Crippen molar-refractivity contribution >= 4 is 77.2 Å². The predicted octanol–water partition coefficient (Wildman–Crippen LogP) is -4.71. The summed E-state index contributed by atoms with van der Waals surface area (Å²) in [4.78, 5) is 0. The van der Waals surface area contributed by atoms with E-state index in [1.807, 2.05) is 0 Å². The van der Waals surface area contributed by atoms with Crippen LogP contribution in [0.5, 0.6) is 5.75 Å². The molecule has 0 aliphatic carbocycles. The molecule has 30 heavy (non-hydrogen) atoms. The van der Waals surface area contributed by atoms with Crippen molar-refractivity contribution in [1.82, 2.24) is 0 Å². The predicted molar refractivity (Wildman–Crippen MR) is 155 cm³/mol. The van der Waals surface area contributed by atoms with Crippen molar-refractivity contribution in [3.63, 3.8) is 0 Å². The fraction of sp³-hybridized carbons (Fsp3) is 0.294. The normalized spacial score (nSPS) is 17.1. The molecular weight excluding hydrogens is 521 g/mol. The standard InChI is InChI=1S/C17H34O4Si9/c1-7-19-27(20-8-2)28(30(24,25)26,29(22,23)21-9-3)11-10-16-13-17(18-6)12-14(4)15(16)5/h1-3,12-13,27H,10-11H2,4-6,22-26H3. The van der Waals surface area contributed by atoms with Gasteiger partial charge in [0.15, 0.2) is 6.63 Å². The van der Waals surface area contributed by atoms with Crippen molar-refractivity contribution in [3.8, 4) is 43.3 Å². The number of terminal acetylenes is 3. The van der Waals surface area contributed by atoms with E-state index in [2.05, 4.69) is 44.3 Å². The SMILES string of the molecule is C#CO[SiH](OC#C)[Si](CCc1cc(OC)cc(C)c1C)([Si]([SiH3])([SiH3])[SiH3])[Si]([SiH3])([SiH3])OC#C. The monoisotopic (exact) mass is 554 g/mol. The zero-order valence-corrected chi connectivity index (χ0v) is 33.7. The third-order valence-corrected chi connectivity index (χ3v) is 155. The highest BCUT2D eigenvalue weighted by molar-refractivity contribution is 8.11. The Morgan fingerprint density at radius 2 is 1.53 bits per heavy atom. The van der Waals surface area contributed by atoms with Crippen molar-refractivity contribution in [2.75, 3.05) is 7.11 Å². The molecule has 0 spiro atoms. The zero-order chi connectivity index (χ0) is 23.2. The van der Waals surface area contributed by atoms with Gasteiger partial charge in [0.2, 0.25) is 6.87 Å². The summed E-state index contributed by atoms with van der Waals surface area (Å²) >= 11 is 0. The first-order valence-electron chi connectivity index (χ1n) is 9.92. The molecule has 0 saturated carbocycles. The van der Waals surface area contributed by atoms with Gasteiger partial charge in [0.1, 0.15) is 5.75 Å². The van der Waals surface area contributed by atoms with Gasteiger partial charge < -0.3 is 18.0 Å². The molecule has 0 aliphatic rings. The minimum Gasteiger partial charge on any atom is -0.514 e. The van der Waals surface area contributed by atoms with Gasteiger partial charge in [-0.15, -0.1) is 0 Å². The Morgan fingerprint density at radius 1 is 0.967 bits per heavy atom. The van der Waals surface area contributed by atoms with Gasteiger partial charge >= 0.3 is 8.80 Å². The van der Waals surface area contributed by atoms with Crippen LogP contribution in [-0.4, -0.2) is 84.4 Å². The molecule has 0 saturated heterocycles. The highest BCUT2D eigenvalue weighted by atomic mass is 30.4. The van der Waals surface area contributed by atoms with E-state index in [1.54, 1.807) is 7.11 Å². The van der Waals surface area contributed by atoms with E-state index in [9.17, 15) is 0 Å². The zero-order valence-electron chi connectivity index (χ0n) is 19.5. The fourth-order valence-corrected chi connectivity index (χ4v) is 273. The summed E-state index contributed by atoms with van der Waals surface area (Å²) in [5.74, 6) is 0.903. The quantitative estimate of drug-likeness (QED) is 0.215. The first-order chi connectivity index (χ1) is 13.9. The molecule has 4 nitrogen and oxygen atoms in total. The molecule has 1 aromatic carbocycles. The van der Waals surface area contributed by atoms with Crippen LogP contribution >= 0.6 is 0 Å². The molecule has 0 aromatic heterocycles. The molecule has 0 amide bonds. The van der Waals surface area contributed by atoms with Crippen molar-refractivity contribution in [2.24, 2.45) is 0 Å². The van der Waals surface area contributed by atoms with Crippen LogP contribution in [0.2, 0.25) is 6.04 Å². The second-order valence-electron chi connectivity index (χ2n) is 8.98. The molecular formula is C17H34O4Si9. The number of methoxy groups -OCH3 is 1. The topological polar surface area (TPSA) is 36.9 Å². The van der Waals surface area contributed by atoms with Gasteiger partial charge in [0.25, 0.3) is 0 Å². The number of rotatable bonds is 10. The lowest BCUT2D eigenvalue weighted by molar-refractivity contribution is 0.400. The molecule has 1 unspecified atom stereocenters. The van der Waals surface area contributed by atoms with Crippen LogP contribution in [0, 0.1) is 51.4 Å². The number of ether oxygens (including phenoxy) is 1. The van der Waals surface area contributed by atoms with Gasteiger partial charge in [-0.2, -0.15) is 0 Å². The number of hydrogen-bond acceptors (Lipinski definition) is 4. The lowest BCUT2D eigenvalue weighted by Gasteiger charge is -2.50. The van der Waals surface area contributed by atoms with Crippen molar-refractivity contribution < 1.29 is 18.0 Å². The van der Waals surface area contributed by atoms with Crippen LogP contribution in [0.1, 0.15) is 16.7 Å². The van der Waals surface area contributed by atoms with Crippen LogP contribution in [0.4, 0.5) is 0 Å². The highest BCUT2D eigenvalue weighted by Crippen LogP contribution is 2.32. The van der Waals surface area contributed by atoms with Gasteiger partial charge in [-0.25, -0.2) is 0 Å². The highest BCUT2D eigenvalue weighted by Gasteiger charge is 2.67. The molecule has 13 heteroatoms. The molecule has 0 heterocycles. The van der Waals surface area contributed by atoms with E-state index in [1.165, 1.54) is 46.0 Å². The number of aryl methyl sites for hydroxylation is 2. The van der Waals surface area contributed by atoms with Crippen LogP contribution in [0.25, 0.3) is 0 Å². The molecule has 1 aromatic rings. The molecule has 1 rings (SSSR count). The smallest absolute Gasteiger partial charge is 0.432 e. The average molecular weight is 555 g/mol. The molecule has 0 N–H and O–H groups in total. The minimum absolute atomic E-state index is 0.903. The first kappa shape index (κ1) is 27.1. The molecule has 0 bridgehead atoms. The van der Waals surface area contributed by atoms with E-state index in [0.29, 0.717) is 0 Å². The summed E-state index contributed by atoms with van der Waals surface area (Å²) < 4.78 is 23.7. The van der Waals surface area contributed by atoms with E-state index < -0.39 is 28.4 Å². The van der Waals surface area contributed by atoms with Gasteiger partial charge in [-0.1, -0.05) is 25.3 Å². The Labute approximate surface area is 200 Å². The van der Waals surface area contributed by atoms with Gasteiger partial charge in [-0.3, -0.25) is 0 Å². The maximum Gasteiger partial charge on any atom is 0.432 e. The lowest BCUT2D eigenvalue weighted by atomic mass is 10.0. The third kappa shape index (κ3) is 5.64. The van der Waals surface area contributed by atoms with E-state index in [0.717, 1.165) is 37.7 Å². The molecule has 0 aliphatic heterocycles. The molecule has 0 fully saturated rings. The van der Waals surface area contributed by atoms with Crippen LogP contribution in [0.15, 0.2) is 12.1 Å². The maximum absolute atomic E-state index is 6.25. The second-order valence-corrected chi connectivity index (χ2v) is 116. The van der Waals surface area contributed by atoms with Crippen molar-refractivity contribution in [3.05, 3.63) is 28.8 Å². The summed E-state index contributed by atoms with van der Waals surface area (Å²) in [5.41, 5.74) is 3.90. The van der Waals surface area contributed by atoms with E-state index in [4.69, 9.17) is 37.3 Å². The summed E-state index contributed by atoms with van der Waals surface area (Å²) in [5, 5.41) is 0. The first-order valence-corrected chi connectivity index (χ1v) is 38.3. The Bertz CT molecular complexity index is 863. The average Bonchev–Trinajstić information content (AvgIpc) is 2.64. The second kappa shape index (κ2) is 11.1.